The van der Waals surface area contributed by atoms with Crippen LogP contribution in [0.2, 0.25) is 0 Å². The first-order chi connectivity index (χ1) is 9.15. The highest BCUT2D eigenvalue weighted by molar-refractivity contribution is 5.75. The number of rotatable bonds is 2. The minimum Gasteiger partial charge on any atom is -0.508 e. The third kappa shape index (κ3) is 2.08. The standard InChI is InChI=1S/C16H16N2O/c1-11-9-13(19)8-7-12(11)10-16-17-14-5-3-4-6-15(14)18(16)2/h3-9,19H,10H2,1-2H3. The van der Waals surface area contributed by atoms with Crippen LogP contribution in [0.1, 0.15) is 17.0 Å². The summed E-state index contributed by atoms with van der Waals surface area (Å²) in [5, 5.41) is 9.45. The molecule has 2 aromatic carbocycles. The Morgan fingerprint density at radius 1 is 1.16 bits per heavy atom. The smallest absolute Gasteiger partial charge is 0.115 e. The molecule has 19 heavy (non-hydrogen) atoms. The predicted octanol–water partition coefficient (Wildman–Crippen LogP) is 3.18. The summed E-state index contributed by atoms with van der Waals surface area (Å²) in [7, 11) is 2.04. The zero-order valence-electron chi connectivity index (χ0n) is 11.1. The van der Waals surface area contributed by atoms with E-state index in [4.69, 9.17) is 0 Å². The van der Waals surface area contributed by atoms with Crippen LogP contribution in [0, 0.1) is 6.92 Å². The normalized spacial score (nSPS) is 11.1. The lowest BCUT2D eigenvalue weighted by Gasteiger charge is -2.06. The van der Waals surface area contributed by atoms with Gasteiger partial charge in [0.25, 0.3) is 0 Å². The minimum absolute atomic E-state index is 0.311. The molecular weight excluding hydrogens is 236 g/mol. The van der Waals surface area contributed by atoms with E-state index >= 15 is 0 Å². The van der Waals surface area contributed by atoms with Crippen molar-refractivity contribution < 1.29 is 5.11 Å². The molecule has 0 unspecified atom stereocenters. The maximum absolute atomic E-state index is 9.45. The summed E-state index contributed by atoms with van der Waals surface area (Å²) in [6.45, 7) is 2.01. The Balaban J connectivity index is 2.03. The van der Waals surface area contributed by atoms with Crippen molar-refractivity contribution in [1.82, 2.24) is 9.55 Å². The van der Waals surface area contributed by atoms with Crippen LogP contribution in [0.4, 0.5) is 0 Å². The molecule has 96 valence electrons. The van der Waals surface area contributed by atoms with Crippen molar-refractivity contribution in [3.8, 4) is 5.75 Å². The molecule has 0 radical (unpaired) electrons. The molecule has 0 spiro atoms. The van der Waals surface area contributed by atoms with Gasteiger partial charge in [0.1, 0.15) is 11.6 Å². The molecule has 0 aliphatic heterocycles. The highest BCUT2D eigenvalue weighted by Crippen LogP contribution is 2.21. The molecule has 0 saturated heterocycles. The number of aromatic hydroxyl groups is 1. The number of nitrogens with zero attached hydrogens (tertiary/aromatic N) is 2. The molecule has 0 bridgehead atoms. The fourth-order valence-corrected chi connectivity index (χ4v) is 2.40. The zero-order valence-corrected chi connectivity index (χ0v) is 11.1. The van der Waals surface area contributed by atoms with Crippen molar-refractivity contribution in [2.24, 2.45) is 7.05 Å². The Morgan fingerprint density at radius 2 is 1.95 bits per heavy atom. The second-order valence-corrected chi connectivity index (χ2v) is 4.86. The fourth-order valence-electron chi connectivity index (χ4n) is 2.40. The van der Waals surface area contributed by atoms with E-state index in [-0.39, 0.29) is 0 Å². The van der Waals surface area contributed by atoms with Gasteiger partial charge in [0.15, 0.2) is 0 Å². The summed E-state index contributed by atoms with van der Waals surface area (Å²) >= 11 is 0. The average Bonchev–Trinajstić information content (AvgIpc) is 2.70. The fraction of sp³-hybridized carbons (Fsp3) is 0.188. The third-order valence-electron chi connectivity index (χ3n) is 3.55. The number of hydrogen-bond donors (Lipinski definition) is 1. The molecule has 0 atom stereocenters. The average molecular weight is 252 g/mol. The number of hydrogen-bond acceptors (Lipinski definition) is 2. The molecule has 0 fully saturated rings. The van der Waals surface area contributed by atoms with Crippen molar-refractivity contribution >= 4 is 11.0 Å². The van der Waals surface area contributed by atoms with Crippen LogP contribution in [-0.2, 0) is 13.5 Å². The van der Waals surface area contributed by atoms with Crippen molar-refractivity contribution in [2.75, 3.05) is 0 Å². The molecule has 0 aliphatic rings. The first-order valence-corrected chi connectivity index (χ1v) is 6.34. The maximum atomic E-state index is 9.45. The number of para-hydroxylation sites is 2. The summed E-state index contributed by atoms with van der Waals surface area (Å²) < 4.78 is 2.13. The molecule has 0 aliphatic carbocycles. The van der Waals surface area contributed by atoms with Crippen LogP contribution < -0.4 is 0 Å². The van der Waals surface area contributed by atoms with Crippen molar-refractivity contribution in [3.63, 3.8) is 0 Å². The van der Waals surface area contributed by atoms with Gasteiger partial charge >= 0.3 is 0 Å². The molecule has 1 N–H and O–H groups in total. The van der Waals surface area contributed by atoms with E-state index in [0.29, 0.717) is 5.75 Å². The molecule has 3 aromatic rings. The Morgan fingerprint density at radius 3 is 2.68 bits per heavy atom. The Hall–Kier alpha value is -2.29. The van der Waals surface area contributed by atoms with E-state index in [9.17, 15) is 5.11 Å². The molecule has 3 heteroatoms. The zero-order chi connectivity index (χ0) is 13.4. The van der Waals surface area contributed by atoms with E-state index in [1.165, 1.54) is 5.56 Å². The van der Waals surface area contributed by atoms with Crippen molar-refractivity contribution in [1.29, 1.82) is 0 Å². The van der Waals surface area contributed by atoms with Gasteiger partial charge in [0.05, 0.1) is 11.0 Å². The molecule has 0 saturated carbocycles. The minimum atomic E-state index is 0.311. The maximum Gasteiger partial charge on any atom is 0.115 e. The van der Waals surface area contributed by atoms with Gasteiger partial charge in [-0.2, -0.15) is 0 Å². The van der Waals surface area contributed by atoms with Gasteiger partial charge in [-0.3, -0.25) is 0 Å². The van der Waals surface area contributed by atoms with Crippen LogP contribution in [0.25, 0.3) is 11.0 Å². The summed E-state index contributed by atoms with van der Waals surface area (Å²) in [6.07, 6.45) is 0.775. The van der Waals surface area contributed by atoms with Crippen LogP contribution >= 0.6 is 0 Å². The Kier molecular flexibility index (Phi) is 2.75. The van der Waals surface area contributed by atoms with Crippen LogP contribution in [0.15, 0.2) is 42.5 Å². The van der Waals surface area contributed by atoms with E-state index in [1.54, 1.807) is 12.1 Å². The van der Waals surface area contributed by atoms with Crippen LogP contribution in [-0.4, -0.2) is 14.7 Å². The second-order valence-electron chi connectivity index (χ2n) is 4.86. The van der Waals surface area contributed by atoms with Gasteiger partial charge in [-0.1, -0.05) is 18.2 Å². The Labute approximate surface area is 112 Å². The lowest BCUT2D eigenvalue weighted by atomic mass is 10.1. The molecule has 1 heterocycles. The third-order valence-corrected chi connectivity index (χ3v) is 3.55. The highest BCUT2D eigenvalue weighted by atomic mass is 16.3. The lowest BCUT2D eigenvalue weighted by molar-refractivity contribution is 0.474. The second kappa shape index (κ2) is 4.43. The number of aromatic nitrogens is 2. The predicted molar refractivity (Wildman–Crippen MR) is 76.4 cm³/mol. The first-order valence-electron chi connectivity index (χ1n) is 6.34. The SMILES string of the molecule is Cc1cc(O)ccc1Cc1nc2ccccc2n1C. The largest absolute Gasteiger partial charge is 0.508 e. The number of phenols is 1. The molecular formula is C16H16N2O. The number of imidazole rings is 1. The van der Waals surface area contributed by atoms with Crippen molar-refractivity contribution in [3.05, 3.63) is 59.4 Å². The summed E-state index contributed by atoms with van der Waals surface area (Å²) in [6, 6.07) is 13.6. The number of benzene rings is 2. The van der Waals surface area contributed by atoms with Crippen LogP contribution in [0.5, 0.6) is 5.75 Å². The van der Waals surface area contributed by atoms with E-state index < -0.39 is 0 Å². The van der Waals surface area contributed by atoms with Gasteiger partial charge < -0.3 is 9.67 Å². The first kappa shape index (κ1) is 11.8. The highest BCUT2D eigenvalue weighted by Gasteiger charge is 2.09. The summed E-state index contributed by atoms with van der Waals surface area (Å²) in [5.41, 5.74) is 4.45. The molecule has 0 amide bonds. The monoisotopic (exact) mass is 252 g/mol. The number of phenolic OH excluding ortho intramolecular Hbond substituents is 1. The molecule has 3 nitrogen and oxygen atoms in total. The van der Waals surface area contributed by atoms with Crippen molar-refractivity contribution in [2.45, 2.75) is 13.3 Å². The van der Waals surface area contributed by atoms with Gasteiger partial charge in [-0.25, -0.2) is 4.98 Å². The summed E-state index contributed by atoms with van der Waals surface area (Å²) in [5.74, 6) is 1.35. The molecule has 3 rings (SSSR count). The van der Waals surface area contributed by atoms with Gasteiger partial charge in [0.2, 0.25) is 0 Å². The quantitative estimate of drug-likeness (QED) is 0.760. The summed E-state index contributed by atoms with van der Waals surface area (Å²) in [4.78, 5) is 4.67. The van der Waals surface area contributed by atoms with E-state index in [1.807, 2.05) is 38.2 Å². The number of aryl methyl sites for hydroxylation is 2. The van der Waals surface area contributed by atoms with Crippen LogP contribution in [0.3, 0.4) is 0 Å². The lowest BCUT2D eigenvalue weighted by Crippen LogP contribution is -2.00. The Bertz CT molecular complexity index is 744. The van der Waals surface area contributed by atoms with E-state index in [2.05, 4.69) is 15.6 Å². The topological polar surface area (TPSA) is 38.1 Å². The molecule has 1 aromatic heterocycles. The van der Waals surface area contributed by atoms with Gasteiger partial charge in [-0.15, -0.1) is 0 Å². The van der Waals surface area contributed by atoms with E-state index in [0.717, 1.165) is 28.8 Å². The number of fused-ring (bicyclic) bond motifs is 1. The van der Waals surface area contributed by atoms with Gasteiger partial charge in [-0.05, 0) is 42.3 Å². The van der Waals surface area contributed by atoms with Gasteiger partial charge in [0, 0.05) is 13.5 Å².